The Kier molecular flexibility index (Phi) is 5.34. The third kappa shape index (κ3) is 3.44. The van der Waals surface area contributed by atoms with E-state index in [1.807, 2.05) is 18.7 Å². The Bertz CT molecular complexity index is 927. The quantitative estimate of drug-likeness (QED) is 0.575. The number of hydrogen-bond donors (Lipinski definition) is 0. The van der Waals surface area contributed by atoms with Crippen molar-refractivity contribution in [2.45, 2.75) is 69.8 Å². The molecule has 2 atom stereocenters. The number of nitrogens with zero attached hydrogens (tertiary/aromatic N) is 3. The smallest absolute Gasteiger partial charge is 0.263 e. The molecule has 5 nitrogen and oxygen atoms in total. The van der Waals surface area contributed by atoms with Crippen molar-refractivity contribution in [2.75, 3.05) is 13.1 Å². The van der Waals surface area contributed by atoms with Gasteiger partial charge < -0.3 is 4.90 Å². The molecule has 1 aliphatic carbocycles. The number of aromatic nitrogens is 2. The summed E-state index contributed by atoms with van der Waals surface area (Å²) in [4.78, 5) is 34.9. The van der Waals surface area contributed by atoms with E-state index in [4.69, 9.17) is 4.98 Å². The summed E-state index contributed by atoms with van der Waals surface area (Å²) in [7, 11) is 0. The first-order valence-electron chi connectivity index (χ1n) is 10.00. The van der Waals surface area contributed by atoms with Gasteiger partial charge in [-0.05, 0) is 57.4 Å². The molecule has 0 aromatic carbocycles. The maximum absolute atomic E-state index is 13.2. The Balaban J connectivity index is 1.70. The van der Waals surface area contributed by atoms with Crippen molar-refractivity contribution in [2.24, 2.45) is 5.92 Å². The van der Waals surface area contributed by atoms with E-state index < -0.39 is 0 Å². The number of fused-ring (bicyclic) bond motifs is 3. The molecule has 1 amide bonds. The Morgan fingerprint density at radius 2 is 2.11 bits per heavy atom. The van der Waals surface area contributed by atoms with Gasteiger partial charge in [-0.1, -0.05) is 18.7 Å². The normalized spacial score (nSPS) is 20.9. The highest BCUT2D eigenvalue weighted by molar-refractivity contribution is 8.00. The maximum atomic E-state index is 13.2. The summed E-state index contributed by atoms with van der Waals surface area (Å²) in [6, 6.07) is 0. The average Bonchev–Trinajstić information content (AvgIpc) is 3.28. The zero-order chi connectivity index (χ0) is 19.1. The van der Waals surface area contributed by atoms with E-state index >= 15 is 0 Å². The van der Waals surface area contributed by atoms with Crippen LogP contribution in [0.25, 0.3) is 10.2 Å². The first kappa shape index (κ1) is 19.0. The van der Waals surface area contributed by atoms with Crippen molar-refractivity contribution in [1.29, 1.82) is 0 Å². The number of aryl methyl sites for hydroxylation is 1. The number of hydrogen-bond acceptors (Lipinski definition) is 5. The second-order valence-electron chi connectivity index (χ2n) is 7.77. The van der Waals surface area contributed by atoms with Gasteiger partial charge in [-0.2, -0.15) is 0 Å². The van der Waals surface area contributed by atoms with Crippen LogP contribution in [0.1, 0.15) is 50.5 Å². The monoisotopic (exact) mass is 405 g/mol. The minimum Gasteiger partial charge on any atom is -0.342 e. The van der Waals surface area contributed by atoms with Crippen molar-refractivity contribution in [3.63, 3.8) is 0 Å². The SMILES string of the molecule is CCn1c(S[C@H](C)C(=O)N2CCCC2)nc2sc3c(c2c1=O)CC[C@H](C)C3. The van der Waals surface area contributed by atoms with Crippen molar-refractivity contribution < 1.29 is 4.79 Å². The van der Waals surface area contributed by atoms with Gasteiger partial charge in [0.2, 0.25) is 5.91 Å². The second kappa shape index (κ2) is 7.59. The Hall–Kier alpha value is -1.34. The number of likely N-dealkylation sites (tertiary alicyclic amines) is 1. The Labute approximate surface area is 168 Å². The summed E-state index contributed by atoms with van der Waals surface area (Å²) in [6.45, 7) is 8.47. The van der Waals surface area contributed by atoms with Gasteiger partial charge in [-0.25, -0.2) is 4.98 Å². The van der Waals surface area contributed by atoms with Gasteiger partial charge in [-0.3, -0.25) is 14.2 Å². The molecule has 0 spiro atoms. The predicted molar refractivity (Wildman–Crippen MR) is 112 cm³/mol. The van der Waals surface area contributed by atoms with Gasteiger partial charge in [0.25, 0.3) is 5.56 Å². The van der Waals surface area contributed by atoms with Crippen LogP contribution < -0.4 is 5.56 Å². The number of thiophene rings is 1. The van der Waals surface area contributed by atoms with Gasteiger partial charge in [0, 0.05) is 24.5 Å². The third-order valence-corrected chi connectivity index (χ3v) is 7.97. The van der Waals surface area contributed by atoms with Gasteiger partial charge in [0.05, 0.1) is 10.6 Å². The standard InChI is InChI=1S/C20H27N3O2S2/c1-4-23-19(25)16-14-8-7-12(2)11-15(14)27-17(16)21-20(23)26-13(3)18(24)22-9-5-6-10-22/h12-13H,4-11H2,1-3H3/t12-,13+/m0/s1. The van der Waals surface area contributed by atoms with Crippen LogP contribution in [-0.4, -0.2) is 38.7 Å². The molecule has 1 fully saturated rings. The number of thioether (sulfide) groups is 1. The lowest BCUT2D eigenvalue weighted by atomic mass is 9.89. The van der Waals surface area contributed by atoms with Crippen molar-refractivity contribution >= 4 is 39.2 Å². The first-order chi connectivity index (χ1) is 13.0. The number of amides is 1. The molecule has 0 unspecified atom stereocenters. The summed E-state index contributed by atoms with van der Waals surface area (Å²) in [5.41, 5.74) is 1.29. The van der Waals surface area contributed by atoms with Crippen LogP contribution in [-0.2, 0) is 24.2 Å². The molecule has 4 rings (SSSR count). The van der Waals surface area contributed by atoms with Crippen LogP contribution in [0.15, 0.2) is 9.95 Å². The van der Waals surface area contributed by atoms with Crippen LogP contribution in [0.4, 0.5) is 0 Å². The number of carbonyl (C=O) groups excluding carboxylic acids is 1. The molecule has 2 aromatic heterocycles. The van der Waals surface area contributed by atoms with Crippen molar-refractivity contribution in [1.82, 2.24) is 14.5 Å². The lowest BCUT2D eigenvalue weighted by Gasteiger charge is -2.20. The highest BCUT2D eigenvalue weighted by Gasteiger charge is 2.28. The fourth-order valence-electron chi connectivity index (χ4n) is 4.18. The van der Waals surface area contributed by atoms with E-state index in [2.05, 4.69) is 6.92 Å². The Morgan fingerprint density at radius 1 is 1.37 bits per heavy atom. The molecular formula is C20H27N3O2S2. The summed E-state index contributed by atoms with van der Waals surface area (Å²) < 4.78 is 1.76. The van der Waals surface area contributed by atoms with Crippen LogP contribution >= 0.6 is 23.1 Å². The zero-order valence-electron chi connectivity index (χ0n) is 16.3. The van der Waals surface area contributed by atoms with E-state index in [0.29, 0.717) is 17.6 Å². The first-order valence-corrected chi connectivity index (χ1v) is 11.7. The molecule has 27 heavy (non-hydrogen) atoms. The molecule has 0 N–H and O–H groups in total. The van der Waals surface area contributed by atoms with Gasteiger partial charge >= 0.3 is 0 Å². The van der Waals surface area contributed by atoms with Gasteiger partial charge in [-0.15, -0.1) is 11.3 Å². The largest absolute Gasteiger partial charge is 0.342 e. The summed E-state index contributed by atoms with van der Waals surface area (Å²) in [5.74, 6) is 0.833. The van der Waals surface area contributed by atoms with Crippen LogP contribution in [0, 0.1) is 5.92 Å². The summed E-state index contributed by atoms with van der Waals surface area (Å²) in [5, 5.41) is 1.29. The zero-order valence-corrected chi connectivity index (χ0v) is 17.9. The third-order valence-electron chi connectivity index (χ3n) is 5.74. The van der Waals surface area contributed by atoms with Gasteiger partial charge in [0.1, 0.15) is 4.83 Å². The van der Waals surface area contributed by atoms with E-state index in [0.717, 1.165) is 55.4 Å². The van der Waals surface area contributed by atoms with Crippen LogP contribution in [0.5, 0.6) is 0 Å². The summed E-state index contributed by atoms with van der Waals surface area (Å²) in [6.07, 6.45) is 5.35. The van der Waals surface area contributed by atoms with Crippen molar-refractivity contribution in [3.05, 3.63) is 20.8 Å². The highest BCUT2D eigenvalue weighted by Crippen LogP contribution is 2.37. The average molecular weight is 406 g/mol. The van der Waals surface area contributed by atoms with Crippen molar-refractivity contribution in [3.8, 4) is 0 Å². The molecular weight excluding hydrogens is 378 g/mol. The van der Waals surface area contributed by atoms with Crippen LogP contribution in [0.3, 0.4) is 0 Å². The van der Waals surface area contributed by atoms with E-state index in [1.165, 1.54) is 22.2 Å². The fourth-order valence-corrected chi connectivity index (χ4v) is 6.66. The topological polar surface area (TPSA) is 55.2 Å². The molecule has 1 aliphatic heterocycles. The molecule has 1 saturated heterocycles. The predicted octanol–water partition coefficient (Wildman–Crippen LogP) is 3.71. The fraction of sp³-hybridized carbons (Fsp3) is 0.650. The highest BCUT2D eigenvalue weighted by atomic mass is 32.2. The van der Waals surface area contributed by atoms with E-state index in [-0.39, 0.29) is 16.7 Å². The lowest BCUT2D eigenvalue weighted by molar-refractivity contribution is -0.129. The molecule has 7 heteroatoms. The molecule has 0 bridgehead atoms. The minimum absolute atomic E-state index is 0.0675. The number of carbonyl (C=O) groups is 1. The molecule has 0 radical (unpaired) electrons. The number of rotatable bonds is 4. The molecule has 2 aromatic rings. The van der Waals surface area contributed by atoms with E-state index in [9.17, 15) is 9.59 Å². The molecule has 0 saturated carbocycles. The second-order valence-corrected chi connectivity index (χ2v) is 10.2. The van der Waals surface area contributed by atoms with Crippen LogP contribution in [0.2, 0.25) is 0 Å². The minimum atomic E-state index is -0.222. The maximum Gasteiger partial charge on any atom is 0.263 e. The molecule has 146 valence electrons. The molecule has 3 heterocycles. The van der Waals surface area contributed by atoms with E-state index in [1.54, 1.807) is 15.9 Å². The molecule has 2 aliphatic rings. The lowest BCUT2D eigenvalue weighted by Crippen LogP contribution is -2.34. The summed E-state index contributed by atoms with van der Waals surface area (Å²) >= 11 is 3.11. The van der Waals surface area contributed by atoms with Gasteiger partial charge in [0.15, 0.2) is 5.16 Å². The Morgan fingerprint density at radius 3 is 2.81 bits per heavy atom.